The van der Waals surface area contributed by atoms with E-state index in [2.05, 4.69) is 34.6 Å². The van der Waals surface area contributed by atoms with Crippen LogP contribution in [0.5, 0.6) is 0 Å². The number of rotatable bonds is 8. The van der Waals surface area contributed by atoms with Gasteiger partial charge in [0.1, 0.15) is 19.1 Å². The van der Waals surface area contributed by atoms with Crippen molar-refractivity contribution in [2.75, 3.05) is 13.1 Å². The van der Waals surface area contributed by atoms with Gasteiger partial charge < -0.3 is 15.2 Å². The van der Waals surface area contributed by atoms with Gasteiger partial charge in [-0.05, 0) is 33.3 Å². The molecule has 1 aliphatic rings. The average Bonchev–Trinajstić information content (AvgIpc) is 3.27. The number of carbonyl (C=O) groups is 2. The molecular weight excluding hydrogens is 350 g/mol. The first kappa shape index (κ1) is 20.5. The Bertz CT molecular complexity index is 863. The Hall–Kier alpha value is -2.24. The molecule has 2 aromatic rings. The number of hydrogen-bond acceptors (Lipinski definition) is 2. The van der Waals surface area contributed by atoms with Crippen molar-refractivity contribution in [3.8, 4) is 0 Å². The van der Waals surface area contributed by atoms with Gasteiger partial charge in [0.15, 0.2) is 5.78 Å². The summed E-state index contributed by atoms with van der Waals surface area (Å²) in [5.41, 5.74) is 5.47. The first-order valence-corrected chi connectivity index (χ1v) is 10.4. The number of likely N-dealkylation sites (tertiary alicyclic amines) is 1. The number of aryl methyl sites for hydroxylation is 1. The molecular formula is C23H33N3O2+2. The Kier molecular flexibility index (Phi) is 6.47. The molecule has 0 amide bonds. The van der Waals surface area contributed by atoms with Crippen LogP contribution in [0.15, 0.2) is 24.3 Å². The fourth-order valence-electron chi connectivity index (χ4n) is 4.41. The van der Waals surface area contributed by atoms with Crippen molar-refractivity contribution in [1.29, 1.82) is 0 Å². The van der Waals surface area contributed by atoms with E-state index in [9.17, 15) is 9.59 Å². The van der Waals surface area contributed by atoms with E-state index in [4.69, 9.17) is 0 Å². The second kappa shape index (κ2) is 8.84. The van der Waals surface area contributed by atoms with Gasteiger partial charge in [-0.2, -0.15) is 0 Å². The smallest absolute Gasteiger partial charge is 0.235 e. The lowest BCUT2D eigenvalue weighted by Gasteiger charge is -2.16. The predicted octanol–water partition coefficient (Wildman–Crippen LogP) is 1.35. The summed E-state index contributed by atoms with van der Waals surface area (Å²) in [5.74, 6) is 0.0519. The Morgan fingerprint density at radius 1 is 1.14 bits per heavy atom. The maximum atomic E-state index is 13.0. The Morgan fingerprint density at radius 3 is 2.39 bits per heavy atom. The van der Waals surface area contributed by atoms with Crippen LogP contribution in [0.2, 0.25) is 0 Å². The average molecular weight is 384 g/mol. The number of benzene rings is 1. The summed E-state index contributed by atoms with van der Waals surface area (Å²) in [6.07, 6.45) is 2.65. The number of H-pyrrole nitrogens is 1. The number of nitrogens with two attached hydrogens (primary N) is 1. The summed E-state index contributed by atoms with van der Waals surface area (Å²) in [5, 5.41) is 2.10. The third kappa shape index (κ3) is 4.42. The first-order valence-electron chi connectivity index (χ1n) is 10.4. The van der Waals surface area contributed by atoms with Crippen LogP contribution in [0, 0.1) is 13.8 Å². The zero-order valence-corrected chi connectivity index (χ0v) is 17.5. The van der Waals surface area contributed by atoms with Crippen LogP contribution in [-0.2, 0) is 13.1 Å². The number of quaternary nitrogens is 2. The van der Waals surface area contributed by atoms with Crippen LogP contribution >= 0.6 is 0 Å². The molecule has 4 N–H and O–H groups in total. The van der Waals surface area contributed by atoms with Crippen LogP contribution in [0.25, 0.3) is 0 Å². The van der Waals surface area contributed by atoms with E-state index in [1.165, 1.54) is 37.1 Å². The highest BCUT2D eigenvalue weighted by atomic mass is 16.1. The third-order valence-corrected chi connectivity index (χ3v) is 6.01. The lowest BCUT2D eigenvalue weighted by atomic mass is 10.0. The molecule has 3 rings (SSSR count). The molecule has 0 bridgehead atoms. The van der Waals surface area contributed by atoms with Crippen molar-refractivity contribution in [3.05, 3.63) is 57.9 Å². The van der Waals surface area contributed by atoms with E-state index in [1.807, 2.05) is 20.8 Å². The van der Waals surface area contributed by atoms with Gasteiger partial charge in [0.25, 0.3) is 0 Å². The normalized spacial score (nSPS) is 15.7. The topological polar surface area (TPSA) is 71.0 Å². The molecule has 1 aromatic carbocycles. The van der Waals surface area contributed by atoms with Crippen molar-refractivity contribution in [2.45, 2.75) is 59.7 Å². The Labute approximate surface area is 167 Å². The van der Waals surface area contributed by atoms with E-state index >= 15 is 0 Å². The summed E-state index contributed by atoms with van der Waals surface area (Å²) >= 11 is 0. The summed E-state index contributed by atoms with van der Waals surface area (Å²) in [4.78, 5) is 29.6. The minimum Gasteiger partial charge on any atom is -0.355 e. The molecule has 2 heterocycles. The third-order valence-electron chi connectivity index (χ3n) is 6.01. The monoisotopic (exact) mass is 383 g/mol. The minimum absolute atomic E-state index is 0.000253. The molecule has 0 radical (unpaired) electrons. The van der Waals surface area contributed by atoms with Crippen molar-refractivity contribution in [3.63, 3.8) is 0 Å². The fraction of sp³-hybridized carbons (Fsp3) is 0.478. The van der Waals surface area contributed by atoms with Crippen LogP contribution in [-0.4, -0.2) is 35.7 Å². The van der Waals surface area contributed by atoms with Crippen molar-refractivity contribution in [1.82, 2.24) is 4.98 Å². The molecule has 0 aliphatic carbocycles. The second-order valence-corrected chi connectivity index (χ2v) is 8.18. The number of carbonyl (C=O) groups excluding carboxylic acids is 2. The molecule has 0 saturated carbocycles. The highest BCUT2D eigenvalue weighted by molar-refractivity contribution is 6.04. The summed E-state index contributed by atoms with van der Waals surface area (Å²) in [6, 6.07) is 8.38. The van der Waals surface area contributed by atoms with Gasteiger partial charge in [-0.3, -0.25) is 9.59 Å². The summed E-state index contributed by atoms with van der Waals surface area (Å²) in [6.45, 7) is 11.6. The van der Waals surface area contributed by atoms with Crippen LogP contribution in [0.3, 0.4) is 0 Å². The molecule has 1 atom stereocenters. The van der Waals surface area contributed by atoms with E-state index < -0.39 is 0 Å². The van der Waals surface area contributed by atoms with Crippen LogP contribution in [0.1, 0.15) is 69.9 Å². The number of hydrogen-bond donors (Lipinski definition) is 3. The number of aromatic amines is 1. The van der Waals surface area contributed by atoms with E-state index in [0.717, 1.165) is 24.3 Å². The fourth-order valence-corrected chi connectivity index (χ4v) is 4.41. The maximum Gasteiger partial charge on any atom is 0.235 e. The minimum atomic E-state index is -0.205. The molecule has 1 aliphatic heterocycles. The summed E-state index contributed by atoms with van der Waals surface area (Å²) < 4.78 is 0. The highest BCUT2D eigenvalue weighted by Gasteiger charge is 2.26. The lowest BCUT2D eigenvalue weighted by molar-refractivity contribution is -0.901. The zero-order chi connectivity index (χ0) is 20.3. The SMILES string of the molecule is CC(=O)c1c(C)[nH]c(C(=O)[C@H](C)[NH2+]Cc2ccccc2C[NH+]2CCCC2)c1C. The molecule has 0 unspecified atom stereocenters. The second-order valence-electron chi connectivity index (χ2n) is 8.18. The highest BCUT2D eigenvalue weighted by Crippen LogP contribution is 2.19. The van der Waals surface area contributed by atoms with Gasteiger partial charge in [0.05, 0.1) is 18.8 Å². The largest absolute Gasteiger partial charge is 0.355 e. The Balaban J connectivity index is 1.67. The van der Waals surface area contributed by atoms with Gasteiger partial charge in [0, 0.05) is 35.2 Å². The van der Waals surface area contributed by atoms with Crippen molar-refractivity contribution >= 4 is 11.6 Å². The quantitative estimate of drug-likeness (QED) is 0.602. The van der Waals surface area contributed by atoms with Crippen molar-refractivity contribution in [2.24, 2.45) is 0 Å². The predicted molar refractivity (Wildman–Crippen MR) is 110 cm³/mol. The van der Waals surface area contributed by atoms with Gasteiger partial charge in [-0.15, -0.1) is 0 Å². The van der Waals surface area contributed by atoms with Crippen LogP contribution < -0.4 is 10.2 Å². The first-order chi connectivity index (χ1) is 13.4. The molecule has 1 fully saturated rings. The van der Waals surface area contributed by atoms with Gasteiger partial charge in [0.2, 0.25) is 5.78 Å². The molecule has 150 valence electrons. The molecule has 1 aromatic heterocycles. The van der Waals surface area contributed by atoms with E-state index in [-0.39, 0.29) is 17.6 Å². The molecule has 5 nitrogen and oxygen atoms in total. The van der Waals surface area contributed by atoms with Gasteiger partial charge in [-0.1, -0.05) is 24.3 Å². The lowest BCUT2D eigenvalue weighted by Crippen LogP contribution is -3.08. The van der Waals surface area contributed by atoms with Gasteiger partial charge >= 0.3 is 0 Å². The molecule has 5 heteroatoms. The number of nitrogens with one attached hydrogen (secondary N) is 2. The summed E-state index contributed by atoms with van der Waals surface area (Å²) in [7, 11) is 0. The van der Waals surface area contributed by atoms with Crippen LogP contribution in [0.4, 0.5) is 0 Å². The molecule has 0 spiro atoms. The number of Topliss-reactive ketones (excluding diaryl/α,β-unsaturated/α-hetero) is 2. The van der Waals surface area contributed by atoms with Gasteiger partial charge in [-0.25, -0.2) is 0 Å². The number of ketones is 2. The molecule has 28 heavy (non-hydrogen) atoms. The standard InChI is InChI=1S/C23H31N3O2/c1-15-21(18(4)27)16(2)25-22(15)23(28)17(3)24-13-19-9-5-6-10-20(19)14-26-11-7-8-12-26/h5-6,9-10,17,24-25H,7-8,11-14H2,1-4H3/p+2/t17-/m0/s1. The zero-order valence-electron chi connectivity index (χ0n) is 17.5. The van der Waals surface area contributed by atoms with Crippen molar-refractivity contribution < 1.29 is 19.8 Å². The maximum absolute atomic E-state index is 13.0. The molecule has 1 saturated heterocycles. The van der Waals surface area contributed by atoms with E-state index in [0.29, 0.717) is 11.3 Å². The van der Waals surface area contributed by atoms with E-state index in [1.54, 1.807) is 11.8 Å². The Morgan fingerprint density at radius 2 is 1.79 bits per heavy atom. The number of aromatic nitrogens is 1.